The molecule has 0 bridgehead atoms. The smallest absolute Gasteiger partial charge is 0.170 e. The molecule has 0 spiro atoms. The van der Waals surface area contributed by atoms with Gasteiger partial charge in [0.2, 0.25) is 0 Å². The Morgan fingerprint density at radius 1 is 1.37 bits per heavy atom. The lowest BCUT2D eigenvalue weighted by Crippen LogP contribution is -2.29. The van der Waals surface area contributed by atoms with Gasteiger partial charge in [0.05, 0.1) is 22.6 Å². The van der Waals surface area contributed by atoms with Crippen LogP contribution in [-0.2, 0) is 6.42 Å². The molecule has 4 nitrogen and oxygen atoms in total. The lowest BCUT2D eigenvalue weighted by molar-refractivity contribution is 0.0906. The van der Waals surface area contributed by atoms with Crippen molar-refractivity contribution in [3.05, 3.63) is 47.3 Å². The number of nitrogens with two attached hydrogens (primary N) is 1. The second kappa shape index (κ2) is 4.63. The molecular formula is C15H17N3O. The van der Waals surface area contributed by atoms with Crippen molar-refractivity contribution in [3.8, 4) is 5.69 Å². The molecule has 1 aromatic carbocycles. The van der Waals surface area contributed by atoms with Crippen LogP contribution >= 0.6 is 0 Å². The van der Waals surface area contributed by atoms with Crippen LogP contribution in [0.25, 0.3) is 5.69 Å². The molecule has 3 rings (SSSR count). The van der Waals surface area contributed by atoms with E-state index in [0.29, 0.717) is 6.54 Å². The Hall–Kier alpha value is -1.94. The summed E-state index contributed by atoms with van der Waals surface area (Å²) in [7, 11) is 0. The molecule has 98 valence electrons. The van der Waals surface area contributed by atoms with Crippen LogP contribution in [0.5, 0.6) is 0 Å². The van der Waals surface area contributed by atoms with Gasteiger partial charge in [-0.05, 0) is 31.9 Å². The van der Waals surface area contributed by atoms with E-state index in [0.717, 1.165) is 35.5 Å². The van der Waals surface area contributed by atoms with Gasteiger partial charge >= 0.3 is 0 Å². The number of para-hydroxylation sites is 1. The van der Waals surface area contributed by atoms with E-state index in [1.165, 1.54) is 0 Å². The first-order valence-electron chi connectivity index (χ1n) is 6.60. The van der Waals surface area contributed by atoms with E-state index in [4.69, 9.17) is 5.73 Å². The molecule has 0 radical (unpaired) electrons. The maximum atomic E-state index is 12.4. The van der Waals surface area contributed by atoms with E-state index >= 15 is 0 Å². The lowest BCUT2D eigenvalue weighted by Gasteiger charge is -2.20. The van der Waals surface area contributed by atoms with Gasteiger partial charge in [-0.15, -0.1) is 0 Å². The molecule has 0 aliphatic heterocycles. The third-order valence-corrected chi connectivity index (χ3v) is 3.79. The molecule has 1 aliphatic carbocycles. The minimum atomic E-state index is -0.0420. The van der Waals surface area contributed by atoms with Crippen molar-refractivity contribution in [2.24, 2.45) is 11.7 Å². The highest BCUT2D eigenvalue weighted by Gasteiger charge is 2.31. The molecule has 2 aromatic rings. The van der Waals surface area contributed by atoms with E-state index in [9.17, 15) is 4.79 Å². The second-order valence-electron chi connectivity index (χ2n) is 4.99. The maximum Gasteiger partial charge on any atom is 0.170 e. The third-order valence-electron chi connectivity index (χ3n) is 3.79. The van der Waals surface area contributed by atoms with E-state index in [-0.39, 0.29) is 11.7 Å². The monoisotopic (exact) mass is 255 g/mol. The average Bonchev–Trinajstić information content (AvgIpc) is 2.78. The van der Waals surface area contributed by atoms with E-state index < -0.39 is 0 Å². The fourth-order valence-corrected chi connectivity index (χ4v) is 2.78. The lowest BCUT2D eigenvalue weighted by atomic mass is 9.85. The molecule has 0 amide bonds. The number of hydrogen-bond donors (Lipinski definition) is 1. The third kappa shape index (κ3) is 1.88. The highest BCUT2D eigenvalue weighted by Crippen LogP contribution is 2.29. The number of carbonyl (C=O) groups is 1. The number of benzene rings is 1. The van der Waals surface area contributed by atoms with Crippen molar-refractivity contribution in [2.45, 2.75) is 19.8 Å². The molecule has 1 aromatic heterocycles. The Kier molecular flexibility index (Phi) is 2.95. The Morgan fingerprint density at radius 2 is 2.11 bits per heavy atom. The zero-order chi connectivity index (χ0) is 13.4. The molecule has 0 saturated heterocycles. The highest BCUT2D eigenvalue weighted by atomic mass is 16.1. The molecule has 0 fully saturated rings. The first-order valence-corrected chi connectivity index (χ1v) is 6.60. The summed E-state index contributed by atoms with van der Waals surface area (Å²) < 4.78 is 1.90. The van der Waals surface area contributed by atoms with Crippen LogP contribution in [0.3, 0.4) is 0 Å². The molecule has 1 aliphatic rings. The number of rotatable bonds is 2. The van der Waals surface area contributed by atoms with Crippen LogP contribution in [0, 0.1) is 12.8 Å². The number of hydrogen-bond acceptors (Lipinski definition) is 3. The predicted octanol–water partition coefficient (Wildman–Crippen LogP) is 1.88. The van der Waals surface area contributed by atoms with Crippen molar-refractivity contribution < 1.29 is 4.79 Å². The summed E-state index contributed by atoms with van der Waals surface area (Å²) in [5.74, 6) is 0.114. The predicted molar refractivity (Wildman–Crippen MR) is 73.5 cm³/mol. The van der Waals surface area contributed by atoms with Gasteiger partial charge in [-0.25, -0.2) is 4.68 Å². The van der Waals surface area contributed by atoms with Crippen LogP contribution in [-0.4, -0.2) is 22.1 Å². The number of aromatic nitrogens is 2. The summed E-state index contributed by atoms with van der Waals surface area (Å²) in [6.07, 6.45) is 1.68. The maximum absolute atomic E-state index is 12.4. The van der Waals surface area contributed by atoms with Gasteiger partial charge in [0.25, 0.3) is 0 Å². The van der Waals surface area contributed by atoms with Crippen molar-refractivity contribution >= 4 is 5.78 Å². The summed E-state index contributed by atoms with van der Waals surface area (Å²) in [5.41, 5.74) is 9.29. The Balaban J connectivity index is 2.12. The number of ketones is 1. The van der Waals surface area contributed by atoms with Crippen molar-refractivity contribution in [2.75, 3.05) is 6.54 Å². The molecular weight excluding hydrogens is 238 g/mol. The Morgan fingerprint density at radius 3 is 2.79 bits per heavy atom. The summed E-state index contributed by atoms with van der Waals surface area (Å²) in [6.45, 7) is 2.32. The van der Waals surface area contributed by atoms with Crippen LogP contribution in [0.4, 0.5) is 0 Å². The van der Waals surface area contributed by atoms with E-state index in [2.05, 4.69) is 5.10 Å². The average molecular weight is 255 g/mol. The summed E-state index contributed by atoms with van der Waals surface area (Å²) in [6, 6.07) is 9.94. The van der Waals surface area contributed by atoms with Gasteiger partial charge in [-0.1, -0.05) is 18.2 Å². The quantitative estimate of drug-likeness (QED) is 0.891. The van der Waals surface area contributed by atoms with Crippen molar-refractivity contribution in [1.82, 2.24) is 9.78 Å². The van der Waals surface area contributed by atoms with Gasteiger partial charge < -0.3 is 5.73 Å². The highest BCUT2D eigenvalue weighted by molar-refractivity contribution is 6.01. The number of fused-ring (bicyclic) bond motifs is 1. The standard InChI is InChI=1S/C15H17N3O/c1-10-14-13(8-7-11(9-16)15(14)19)18(17-10)12-5-3-2-4-6-12/h2-6,11H,7-9,16H2,1H3. The molecule has 1 heterocycles. The normalized spacial score (nSPS) is 18.4. The zero-order valence-electron chi connectivity index (χ0n) is 11.0. The fraction of sp³-hybridized carbons (Fsp3) is 0.333. The SMILES string of the molecule is Cc1nn(-c2ccccc2)c2c1C(=O)C(CN)CC2. The Bertz CT molecular complexity index is 616. The fourth-order valence-electron chi connectivity index (χ4n) is 2.78. The van der Waals surface area contributed by atoms with Gasteiger partial charge in [0.15, 0.2) is 5.78 Å². The number of aryl methyl sites for hydroxylation is 1. The van der Waals surface area contributed by atoms with Crippen molar-refractivity contribution in [1.29, 1.82) is 0 Å². The molecule has 0 saturated carbocycles. The van der Waals surface area contributed by atoms with Gasteiger partial charge in [-0.2, -0.15) is 5.10 Å². The number of Topliss-reactive ketones (excluding diaryl/α,β-unsaturated/α-hetero) is 1. The first kappa shape index (κ1) is 12.1. The topological polar surface area (TPSA) is 60.9 Å². The first-order chi connectivity index (χ1) is 9.22. The van der Waals surface area contributed by atoms with E-state index in [1.807, 2.05) is 41.9 Å². The van der Waals surface area contributed by atoms with Crippen LogP contribution in [0.15, 0.2) is 30.3 Å². The van der Waals surface area contributed by atoms with Crippen LogP contribution in [0.2, 0.25) is 0 Å². The largest absolute Gasteiger partial charge is 0.330 e. The second-order valence-corrected chi connectivity index (χ2v) is 4.99. The zero-order valence-corrected chi connectivity index (χ0v) is 11.0. The van der Waals surface area contributed by atoms with Gasteiger partial charge in [0.1, 0.15) is 0 Å². The molecule has 1 unspecified atom stereocenters. The Labute approximate surface area is 112 Å². The van der Waals surface area contributed by atoms with E-state index in [1.54, 1.807) is 0 Å². The number of carbonyl (C=O) groups excluding carboxylic acids is 1. The molecule has 2 N–H and O–H groups in total. The minimum Gasteiger partial charge on any atom is -0.330 e. The van der Waals surface area contributed by atoms with Gasteiger partial charge in [-0.3, -0.25) is 4.79 Å². The molecule has 19 heavy (non-hydrogen) atoms. The molecule has 1 atom stereocenters. The van der Waals surface area contributed by atoms with Crippen LogP contribution in [0.1, 0.15) is 28.2 Å². The van der Waals surface area contributed by atoms with Crippen molar-refractivity contribution in [3.63, 3.8) is 0 Å². The molecule has 4 heteroatoms. The van der Waals surface area contributed by atoms with Crippen LogP contribution < -0.4 is 5.73 Å². The summed E-state index contributed by atoms with van der Waals surface area (Å²) in [5, 5.41) is 4.54. The summed E-state index contributed by atoms with van der Waals surface area (Å²) in [4.78, 5) is 12.4. The minimum absolute atomic E-state index is 0.0420. The number of nitrogens with zero attached hydrogens (tertiary/aromatic N) is 2. The summed E-state index contributed by atoms with van der Waals surface area (Å²) >= 11 is 0. The van der Waals surface area contributed by atoms with Gasteiger partial charge in [0, 0.05) is 12.5 Å².